The normalized spacial score (nSPS) is 10.3. The SMILES string of the molecule is O=[N+]([O-])c1ccc(Cl)c(CNc2cc(Br)cnc2Cl)c1. The number of nitrogens with one attached hydrogen (secondary N) is 1. The molecule has 1 heterocycles. The molecule has 0 unspecified atom stereocenters. The van der Waals surface area contributed by atoms with Crippen LogP contribution in [0, 0.1) is 10.1 Å². The van der Waals surface area contributed by atoms with Gasteiger partial charge in [-0.15, -0.1) is 0 Å². The van der Waals surface area contributed by atoms with E-state index in [1.807, 2.05) is 0 Å². The fourth-order valence-corrected chi connectivity index (χ4v) is 2.23. The number of aromatic nitrogens is 1. The predicted octanol–water partition coefficient (Wildman–Crippen LogP) is 4.67. The maximum atomic E-state index is 10.7. The number of hydrogen-bond donors (Lipinski definition) is 1. The van der Waals surface area contributed by atoms with E-state index in [2.05, 4.69) is 26.2 Å². The number of pyridine rings is 1. The Kier molecular flexibility index (Phi) is 4.80. The van der Waals surface area contributed by atoms with Crippen LogP contribution in [-0.4, -0.2) is 9.91 Å². The van der Waals surface area contributed by atoms with Crippen LogP contribution in [0.4, 0.5) is 11.4 Å². The van der Waals surface area contributed by atoms with E-state index in [0.29, 0.717) is 28.0 Å². The van der Waals surface area contributed by atoms with Gasteiger partial charge in [-0.05, 0) is 33.6 Å². The van der Waals surface area contributed by atoms with E-state index < -0.39 is 4.92 Å². The van der Waals surface area contributed by atoms with Crippen LogP contribution in [0.3, 0.4) is 0 Å². The Bertz CT molecular complexity index is 667. The van der Waals surface area contributed by atoms with Gasteiger partial charge in [0.1, 0.15) is 0 Å². The van der Waals surface area contributed by atoms with Crippen molar-refractivity contribution in [2.45, 2.75) is 6.54 Å². The fraction of sp³-hybridized carbons (Fsp3) is 0.0833. The lowest BCUT2D eigenvalue weighted by Gasteiger charge is -2.09. The highest BCUT2D eigenvalue weighted by Crippen LogP contribution is 2.26. The van der Waals surface area contributed by atoms with Crippen molar-refractivity contribution in [1.82, 2.24) is 4.98 Å². The minimum atomic E-state index is -0.465. The summed E-state index contributed by atoms with van der Waals surface area (Å²) in [6.45, 7) is 0.304. The number of rotatable bonds is 4. The second kappa shape index (κ2) is 6.39. The zero-order valence-electron chi connectivity index (χ0n) is 9.94. The third kappa shape index (κ3) is 3.59. The molecule has 0 atom stereocenters. The van der Waals surface area contributed by atoms with E-state index in [1.54, 1.807) is 12.3 Å². The molecule has 0 fully saturated rings. The minimum absolute atomic E-state index is 0.00957. The monoisotopic (exact) mass is 375 g/mol. The molecule has 2 aromatic rings. The molecule has 2 rings (SSSR count). The minimum Gasteiger partial charge on any atom is -0.378 e. The topological polar surface area (TPSA) is 68.1 Å². The van der Waals surface area contributed by atoms with Gasteiger partial charge >= 0.3 is 0 Å². The molecule has 0 saturated heterocycles. The van der Waals surface area contributed by atoms with E-state index >= 15 is 0 Å². The van der Waals surface area contributed by atoms with Gasteiger partial charge in [-0.1, -0.05) is 23.2 Å². The number of nitro groups is 1. The molecule has 0 aliphatic heterocycles. The summed E-state index contributed by atoms with van der Waals surface area (Å²) < 4.78 is 0.773. The summed E-state index contributed by atoms with van der Waals surface area (Å²) in [5.74, 6) is 0. The van der Waals surface area contributed by atoms with Crippen molar-refractivity contribution in [1.29, 1.82) is 0 Å². The van der Waals surface area contributed by atoms with Crippen LogP contribution in [0.25, 0.3) is 0 Å². The number of non-ortho nitro benzene ring substituents is 1. The van der Waals surface area contributed by atoms with Gasteiger partial charge in [0, 0.05) is 34.4 Å². The van der Waals surface area contributed by atoms with Gasteiger partial charge < -0.3 is 5.32 Å². The first-order chi connectivity index (χ1) is 9.47. The highest BCUT2D eigenvalue weighted by atomic mass is 79.9. The summed E-state index contributed by atoms with van der Waals surface area (Å²) in [6.07, 6.45) is 1.58. The predicted molar refractivity (Wildman–Crippen MR) is 82.4 cm³/mol. The molecular weight excluding hydrogens is 369 g/mol. The Balaban J connectivity index is 2.20. The number of benzene rings is 1. The van der Waals surface area contributed by atoms with E-state index in [9.17, 15) is 10.1 Å². The third-order valence-electron chi connectivity index (χ3n) is 2.52. The molecule has 0 saturated carbocycles. The first-order valence-corrected chi connectivity index (χ1v) is 7.00. The van der Waals surface area contributed by atoms with Crippen LogP contribution < -0.4 is 5.32 Å². The Morgan fingerprint density at radius 1 is 1.35 bits per heavy atom. The summed E-state index contributed by atoms with van der Waals surface area (Å²) in [6, 6.07) is 6.05. The molecule has 0 amide bonds. The highest BCUT2D eigenvalue weighted by Gasteiger charge is 2.10. The van der Waals surface area contributed by atoms with E-state index in [-0.39, 0.29) is 5.69 Å². The van der Waals surface area contributed by atoms with Gasteiger partial charge in [0.2, 0.25) is 0 Å². The quantitative estimate of drug-likeness (QED) is 0.478. The average molecular weight is 377 g/mol. The van der Waals surface area contributed by atoms with E-state index in [4.69, 9.17) is 23.2 Å². The second-order valence-corrected chi connectivity index (χ2v) is 5.56. The highest BCUT2D eigenvalue weighted by molar-refractivity contribution is 9.10. The zero-order chi connectivity index (χ0) is 14.7. The van der Waals surface area contributed by atoms with E-state index in [0.717, 1.165) is 4.47 Å². The standard InChI is InChI=1S/C12H8BrCl2N3O2/c13-8-4-11(12(15)17-6-8)16-5-7-3-9(18(19)20)1-2-10(7)14/h1-4,6,16H,5H2. The average Bonchev–Trinajstić information content (AvgIpc) is 2.41. The van der Waals surface area contributed by atoms with Gasteiger partial charge in [-0.25, -0.2) is 4.98 Å². The number of nitro benzene ring substituents is 1. The Labute approximate surface area is 133 Å². The van der Waals surface area contributed by atoms with Gasteiger partial charge in [0.05, 0.1) is 10.6 Å². The maximum Gasteiger partial charge on any atom is 0.269 e. The van der Waals surface area contributed by atoms with Crippen molar-refractivity contribution < 1.29 is 4.92 Å². The first kappa shape index (κ1) is 15.0. The summed E-state index contributed by atoms with van der Waals surface area (Å²) in [4.78, 5) is 14.3. The summed E-state index contributed by atoms with van der Waals surface area (Å²) in [5.41, 5.74) is 1.21. The van der Waals surface area contributed by atoms with Gasteiger partial charge in [-0.2, -0.15) is 0 Å². The van der Waals surface area contributed by atoms with Crippen molar-refractivity contribution in [2.24, 2.45) is 0 Å². The molecule has 0 aliphatic rings. The maximum absolute atomic E-state index is 10.7. The number of anilines is 1. The zero-order valence-corrected chi connectivity index (χ0v) is 13.0. The third-order valence-corrected chi connectivity index (χ3v) is 3.62. The van der Waals surface area contributed by atoms with Crippen LogP contribution in [0.5, 0.6) is 0 Å². The number of hydrogen-bond acceptors (Lipinski definition) is 4. The van der Waals surface area contributed by atoms with Crippen LogP contribution in [0.15, 0.2) is 34.9 Å². The van der Waals surface area contributed by atoms with Crippen molar-refractivity contribution in [3.05, 3.63) is 60.8 Å². The molecule has 5 nitrogen and oxygen atoms in total. The van der Waals surface area contributed by atoms with Crippen LogP contribution in [0.1, 0.15) is 5.56 Å². The van der Waals surface area contributed by atoms with E-state index in [1.165, 1.54) is 18.2 Å². The molecule has 1 aromatic carbocycles. The Hall–Kier alpha value is -1.37. The lowest BCUT2D eigenvalue weighted by atomic mass is 10.2. The lowest BCUT2D eigenvalue weighted by Crippen LogP contribution is -2.02. The van der Waals surface area contributed by atoms with Gasteiger partial charge in [0.25, 0.3) is 5.69 Å². The van der Waals surface area contributed by atoms with Crippen molar-refractivity contribution >= 4 is 50.5 Å². The molecule has 104 valence electrons. The van der Waals surface area contributed by atoms with Crippen LogP contribution in [0.2, 0.25) is 10.2 Å². The molecular formula is C12H8BrCl2N3O2. The van der Waals surface area contributed by atoms with Gasteiger partial charge in [0.15, 0.2) is 5.15 Å². The molecule has 1 aromatic heterocycles. The number of nitrogens with zero attached hydrogens (tertiary/aromatic N) is 2. The smallest absolute Gasteiger partial charge is 0.269 e. The lowest BCUT2D eigenvalue weighted by molar-refractivity contribution is -0.384. The van der Waals surface area contributed by atoms with Crippen molar-refractivity contribution in [3.8, 4) is 0 Å². The summed E-state index contributed by atoms with van der Waals surface area (Å²) in [5, 5.41) is 14.5. The summed E-state index contributed by atoms with van der Waals surface area (Å²) in [7, 11) is 0. The van der Waals surface area contributed by atoms with Crippen LogP contribution in [-0.2, 0) is 6.54 Å². The first-order valence-electron chi connectivity index (χ1n) is 5.45. The Morgan fingerprint density at radius 3 is 2.80 bits per heavy atom. The molecule has 8 heteroatoms. The molecule has 0 aliphatic carbocycles. The van der Waals surface area contributed by atoms with Crippen molar-refractivity contribution in [3.63, 3.8) is 0 Å². The van der Waals surface area contributed by atoms with Crippen molar-refractivity contribution in [2.75, 3.05) is 5.32 Å². The fourth-order valence-electron chi connectivity index (χ4n) is 1.55. The largest absolute Gasteiger partial charge is 0.378 e. The molecule has 20 heavy (non-hydrogen) atoms. The molecule has 1 N–H and O–H groups in total. The second-order valence-electron chi connectivity index (χ2n) is 3.88. The van der Waals surface area contributed by atoms with Gasteiger partial charge in [-0.3, -0.25) is 10.1 Å². The molecule has 0 spiro atoms. The summed E-state index contributed by atoms with van der Waals surface area (Å²) >= 11 is 15.3. The Morgan fingerprint density at radius 2 is 2.10 bits per heavy atom. The molecule has 0 radical (unpaired) electrons. The molecule has 0 bridgehead atoms. The van der Waals surface area contributed by atoms with Crippen LogP contribution >= 0.6 is 39.1 Å². The number of halogens is 3.